The molecule has 0 radical (unpaired) electrons. The third-order valence-electron chi connectivity index (χ3n) is 4.15. The van der Waals surface area contributed by atoms with Gasteiger partial charge in [-0.2, -0.15) is 0 Å². The van der Waals surface area contributed by atoms with Crippen LogP contribution in [0.4, 0.5) is 4.79 Å². The van der Waals surface area contributed by atoms with Gasteiger partial charge in [-0.15, -0.1) is 0 Å². The average molecular weight is 329 g/mol. The zero-order valence-electron chi connectivity index (χ0n) is 13.7. The van der Waals surface area contributed by atoms with Gasteiger partial charge in [-0.25, -0.2) is 4.79 Å². The Labute approximate surface area is 141 Å². The quantitative estimate of drug-likeness (QED) is 0.852. The topological polar surface area (TPSA) is 76.4 Å². The van der Waals surface area contributed by atoms with Crippen molar-refractivity contribution in [1.82, 2.24) is 15.8 Å². The lowest BCUT2D eigenvalue weighted by Gasteiger charge is -2.23. The van der Waals surface area contributed by atoms with Crippen molar-refractivity contribution in [2.45, 2.75) is 51.3 Å². The molecule has 0 unspecified atom stereocenters. The predicted molar refractivity (Wildman–Crippen MR) is 89.5 cm³/mol. The third kappa shape index (κ3) is 5.01. The van der Waals surface area contributed by atoms with Crippen molar-refractivity contribution in [3.8, 4) is 5.75 Å². The number of rotatable bonds is 6. The molecular weight excluding hydrogens is 306 g/mol. The summed E-state index contributed by atoms with van der Waals surface area (Å²) in [7, 11) is 0. The molecule has 1 fully saturated rings. The monoisotopic (exact) mass is 329 g/mol. The molecule has 1 heterocycles. The summed E-state index contributed by atoms with van der Waals surface area (Å²) in [6.07, 6.45) is 7.97. The van der Waals surface area contributed by atoms with Crippen LogP contribution in [0.3, 0.4) is 0 Å². The maximum absolute atomic E-state index is 11.7. The molecule has 1 aromatic heterocycles. The van der Waals surface area contributed by atoms with Gasteiger partial charge in [-0.3, -0.25) is 0 Å². The first-order valence-corrected chi connectivity index (χ1v) is 8.46. The van der Waals surface area contributed by atoms with Crippen molar-refractivity contribution in [2.24, 2.45) is 0 Å². The highest BCUT2D eigenvalue weighted by Crippen LogP contribution is 2.23. The normalized spacial score (nSPS) is 15.0. The fourth-order valence-electron chi connectivity index (χ4n) is 2.81. The fraction of sp³-hybridized carbons (Fsp3) is 0.444. The van der Waals surface area contributed by atoms with Gasteiger partial charge in [-0.1, -0.05) is 23.7 Å². The molecule has 128 valence electrons. The number of ether oxygens (including phenoxy) is 1. The lowest BCUT2D eigenvalue weighted by molar-refractivity contribution is 0.155. The van der Waals surface area contributed by atoms with Crippen molar-refractivity contribution in [3.63, 3.8) is 0 Å². The Kier molecular flexibility index (Phi) is 5.71. The molecule has 2 N–H and O–H groups in total. The highest BCUT2D eigenvalue weighted by Gasteiger charge is 2.14. The molecule has 0 saturated heterocycles. The Hall–Kier alpha value is -2.50. The van der Waals surface area contributed by atoms with Crippen molar-refractivity contribution in [3.05, 3.63) is 47.9 Å². The van der Waals surface area contributed by atoms with E-state index in [9.17, 15) is 4.79 Å². The minimum absolute atomic E-state index is 0.236. The van der Waals surface area contributed by atoms with Crippen molar-refractivity contribution < 1.29 is 14.1 Å². The Morgan fingerprint density at radius 3 is 2.54 bits per heavy atom. The van der Waals surface area contributed by atoms with Gasteiger partial charge in [0, 0.05) is 12.6 Å². The molecule has 6 nitrogen and oxygen atoms in total. The van der Waals surface area contributed by atoms with Crippen molar-refractivity contribution >= 4 is 6.03 Å². The molecule has 24 heavy (non-hydrogen) atoms. The largest absolute Gasteiger partial charge is 0.490 e. The van der Waals surface area contributed by atoms with Crippen LogP contribution in [0.15, 0.2) is 41.1 Å². The molecule has 1 aliphatic rings. The van der Waals surface area contributed by atoms with Gasteiger partial charge in [-0.05, 0) is 43.4 Å². The summed E-state index contributed by atoms with van der Waals surface area (Å²) < 4.78 is 10.7. The molecule has 1 saturated carbocycles. The summed E-state index contributed by atoms with van der Waals surface area (Å²) in [6, 6.07) is 9.38. The predicted octanol–water partition coefficient (Wildman–Crippen LogP) is 3.39. The molecule has 0 aliphatic heterocycles. The van der Waals surface area contributed by atoms with E-state index < -0.39 is 0 Å². The molecule has 2 amide bonds. The van der Waals surface area contributed by atoms with Crippen LogP contribution in [0, 0.1) is 0 Å². The SMILES string of the molecule is O=C(NCc1ccc(OC2CCCCC2)cc1)NCc1ccon1. The van der Waals surface area contributed by atoms with E-state index in [-0.39, 0.29) is 6.03 Å². The highest BCUT2D eigenvalue weighted by atomic mass is 16.5. The van der Waals surface area contributed by atoms with Gasteiger partial charge in [0.2, 0.25) is 0 Å². The summed E-state index contributed by atoms with van der Waals surface area (Å²) in [5, 5.41) is 9.27. The molecular formula is C18H23N3O3. The number of carbonyl (C=O) groups is 1. The Morgan fingerprint density at radius 1 is 1.08 bits per heavy atom. The van der Waals surface area contributed by atoms with Crippen LogP contribution in [-0.4, -0.2) is 17.3 Å². The van der Waals surface area contributed by atoms with E-state index in [2.05, 4.69) is 15.8 Å². The maximum Gasteiger partial charge on any atom is 0.315 e. The van der Waals surface area contributed by atoms with E-state index in [4.69, 9.17) is 9.26 Å². The van der Waals surface area contributed by atoms with Crippen LogP contribution >= 0.6 is 0 Å². The van der Waals surface area contributed by atoms with Crippen LogP contribution in [0.1, 0.15) is 43.4 Å². The Bertz CT molecular complexity index is 619. The van der Waals surface area contributed by atoms with E-state index in [1.54, 1.807) is 6.07 Å². The van der Waals surface area contributed by atoms with Crippen LogP contribution in [-0.2, 0) is 13.1 Å². The van der Waals surface area contributed by atoms with Crippen LogP contribution in [0.25, 0.3) is 0 Å². The molecule has 0 spiro atoms. The second-order valence-corrected chi connectivity index (χ2v) is 6.05. The van der Waals surface area contributed by atoms with E-state index in [1.165, 1.54) is 25.5 Å². The Morgan fingerprint density at radius 2 is 1.83 bits per heavy atom. The van der Waals surface area contributed by atoms with E-state index in [0.29, 0.717) is 24.9 Å². The van der Waals surface area contributed by atoms with Gasteiger partial charge >= 0.3 is 6.03 Å². The number of benzene rings is 1. The molecule has 2 aromatic rings. The van der Waals surface area contributed by atoms with E-state index in [1.807, 2.05) is 24.3 Å². The first-order valence-electron chi connectivity index (χ1n) is 8.46. The molecule has 3 rings (SSSR count). The van der Waals surface area contributed by atoms with Gasteiger partial charge in [0.05, 0.1) is 12.6 Å². The number of urea groups is 1. The second kappa shape index (κ2) is 8.38. The van der Waals surface area contributed by atoms with Crippen LogP contribution in [0.2, 0.25) is 0 Å². The fourth-order valence-corrected chi connectivity index (χ4v) is 2.81. The number of carbonyl (C=O) groups excluding carboxylic acids is 1. The van der Waals surface area contributed by atoms with Crippen molar-refractivity contribution in [1.29, 1.82) is 0 Å². The zero-order valence-corrected chi connectivity index (χ0v) is 13.7. The van der Waals surface area contributed by atoms with Gasteiger partial charge in [0.25, 0.3) is 0 Å². The summed E-state index contributed by atoms with van der Waals surface area (Å²) in [5.41, 5.74) is 1.72. The minimum Gasteiger partial charge on any atom is -0.490 e. The summed E-state index contributed by atoms with van der Waals surface area (Å²) in [6.45, 7) is 0.810. The van der Waals surface area contributed by atoms with Crippen LogP contribution in [0.5, 0.6) is 5.75 Å². The van der Waals surface area contributed by atoms with E-state index >= 15 is 0 Å². The standard InChI is InChI=1S/C18H23N3O3/c22-18(20-13-15-10-11-23-21-15)19-12-14-6-8-17(9-7-14)24-16-4-2-1-3-5-16/h6-11,16H,1-5,12-13H2,(H2,19,20,22). The number of amides is 2. The maximum atomic E-state index is 11.7. The minimum atomic E-state index is -0.236. The van der Waals surface area contributed by atoms with Gasteiger partial charge in [0.15, 0.2) is 0 Å². The first-order chi connectivity index (χ1) is 11.8. The van der Waals surface area contributed by atoms with E-state index in [0.717, 1.165) is 24.2 Å². The summed E-state index contributed by atoms with van der Waals surface area (Å²) in [4.78, 5) is 11.7. The lowest BCUT2D eigenvalue weighted by Crippen LogP contribution is -2.34. The highest BCUT2D eigenvalue weighted by molar-refractivity contribution is 5.73. The number of nitrogens with one attached hydrogen (secondary N) is 2. The molecule has 0 atom stereocenters. The number of nitrogens with zero attached hydrogens (tertiary/aromatic N) is 1. The van der Waals surface area contributed by atoms with Crippen molar-refractivity contribution in [2.75, 3.05) is 0 Å². The molecule has 1 aliphatic carbocycles. The van der Waals surface area contributed by atoms with Gasteiger partial charge in [0.1, 0.15) is 17.7 Å². The third-order valence-corrected chi connectivity index (χ3v) is 4.15. The number of hydrogen-bond acceptors (Lipinski definition) is 4. The summed E-state index contributed by atoms with van der Waals surface area (Å²) >= 11 is 0. The Balaban J connectivity index is 1.39. The lowest BCUT2D eigenvalue weighted by atomic mass is 9.98. The summed E-state index contributed by atoms with van der Waals surface area (Å²) in [5.74, 6) is 0.904. The first kappa shape index (κ1) is 16.4. The van der Waals surface area contributed by atoms with Crippen LogP contribution < -0.4 is 15.4 Å². The second-order valence-electron chi connectivity index (χ2n) is 6.05. The number of hydrogen-bond donors (Lipinski definition) is 2. The van der Waals surface area contributed by atoms with Gasteiger partial charge < -0.3 is 19.9 Å². The smallest absolute Gasteiger partial charge is 0.315 e. The number of aromatic nitrogens is 1. The molecule has 0 bridgehead atoms. The molecule has 1 aromatic carbocycles. The molecule has 6 heteroatoms. The average Bonchev–Trinajstić information content (AvgIpc) is 3.14. The zero-order chi connectivity index (χ0) is 16.6.